The summed E-state index contributed by atoms with van der Waals surface area (Å²) in [6.45, 7) is 4.25. The average Bonchev–Trinajstić information content (AvgIpc) is 2.31. The number of carboxylic acid groups (broad SMARTS) is 1. The van der Waals surface area contributed by atoms with E-state index in [9.17, 15) is 9.59 Å². The standard InChI is InChI=1S/C12H22N2O4/c1-12(3-5-14(2)6-4-12)9-13-10(15)7-18-8-11(16)17/h3-9H2,1-2H3,(H,13,15)(H,16,17). The van der Waals surface area contributed by atoms with Crippen molar-refractivity contribution in [1.82, 2.24) is 10.2 Å². The van der Waals surface area contributed by atoms with E-state index >= 15 is 0 Å². The first-order chi connectivity index (χ1) is 8.41. The van der Waals surface area contributed by atoms with Crippen LogP contribution in [0, 0.1) is 5.41 Å². The van der Waals surface area contributed by atoms with Crippen molar-refractivity contribution in [3.63, 3.8) is 0 Å². The zero-order chi connectivity index (χ0) is 13.6. The van der Waals surface area contributed by atoms with Crippen LogP contribution in [0.25, 0.3) is 0 Å². The number of hydrogen-bond acceptors (Lipinski definition) is 4. The Labute approximate surface area is 107 Å². The lowest BCUT2D eigenvalue weighted by Gasteiger charge is -2.37. The largest absolute Gasteiger partial charge is 0.480 e. The van der Waals surface area contributed by atoms with Gasteiger partial charge in [0, 0.05) is 6.54 Å². The highest BCUT2D eigenvalue weighted by molar-refractivity contribution is 5.77. The number of aliphatic carboxylic acids is 1. The number of carbonyl (C=O) groups is 2. The Balaban J connectivity index is 2.19. The molecule has 0 saturated carbocycles. The lowest BCUT2D eigenvalue weighted by Crippen LogP contribution is -2.44. The fourth-order valence-electron chi connectivity index (χ4n) is 1.93. The zero-order valence-corrected chi connectivity index (χ0v) is 11.1. The van der Waals surface area contributed by atoms with Crippen molar-refractivity contribution in [2.45, 2.75) is 19.8 Å². The van der Waals surface area contributed by atoms with Gasteiger partial charge in [0.05, 0.1) is 0 Å². The summed E-state index contributed by atoms with van der Waals surface area (Å²) in [6.07, 6.45) is 2.11. The summed E-state index contributed by atoms with van der Waals surface area (Å²) in [5, 5.41) is 11.2. The van der Waals surface area contributed by atoms with Gasteiger partial charge in [-0.05, 0) is 38.4 Å². The summed E-state index contributed by atoms with van der Waals surface area (Å²) in [7, 11) is 2.10. The first-order valence-electron chi connectivity index (χ1n) is 6.16. The quantitative estimate of drug-likeness (QED) is 0.697. The molecule has 0 aromatic carbocycles. The van der Waals surface area contributed by atoms with Gasteiger partial charge in [-0.3, -0.25) is 4.79 Å². The highest BCUT2D eigenvalue weighted by Gasteiger charge is 2.29. The molecule has 1 saturated heterocycles. The third-order valence-electron chi connectivity index (χ3n) is 3.37. The molecule has 0 unspecified atom stereocenters. The first-order valence-corrected chi connectivity index (χ1v) is 6.16. The summed E-state index contributed by atoms with van der Waals surface area (Å²) in [4.78, 5) is 23.9. The molecule has 0 aliphatic carbocycles. The summed E-state index contributed by atoms with van der Waals surface area (Å²) >= 11 is 0. The van der Waals surface area contributed by atoms with Crippen LogP contribution in [-0.4, -0.2) is 61.8 Å². The SMILES string of the molecule is CN1CCC(C)(CNC(=O)COCC(=O)O)CC1. The van der Waals surface area contributed by atoms with Gasteiger partial charge in [-0.25, -0.2) is 4.79 Å². The van der Waals surface area contributed by atoms with Crippen LogP contribution in [0.2, 0.25) is 0 Å². The van der Waals surface area contributed by atoms with Crippen molar-refractivity contribution < 1.29 is 19.4 Å². The van der Waals surface area contributed by atoms with Crippen molar-refractivity contribution in [2.75, 3.05) is 39.9 Å². The van der Waals surface area contributed by atoms with E-state index < -0.39 is 12.6 Å². The predicted molar refractivity (Wildman–Crippen MR) is 66.3 cm³/mol. The molecule has 0 aromatic heterocycles. The molecule has 104 valence electrons. The highest BCUT2D eigenvalue weighted by Crippen LogP contribution is 2.29. The van der Waals surface area contributed by atoms with Gasteiger partial charge in [-0.15, -0.1) is 0 Å². The second-order valence-electron chi connectivity index (χ2n) is 5.28. The van der Waals surface area contributed by atoms with Crippen LogP contribution in [0.3, 0.4) is 0 Å². The minimum atomic E-state index is -1.06. The molecule has 0 aromatic rings. The molecule has 18 heavy (non-hydrogen) atoms. The molecule has 1 aliphatic heterocycles. The van der Waals surface area contributed by atoms with Gasteiger partial charge in [-0.1, -0.05) is 6.92 Å². The fourth-order valence-corrected chi connectivity index (χ4v) is 1.93. The van der Waals surface area contributed by atoms with E-state index in [1.807, 2.05) is 0 Å². The zero-order valence-electron chi connectivity index (χ0n) is 11.1. The van der Waals surface area contributed by atoms with Crippen LogP contribution in [0.1, 0.15) is 19.8 Å². The number of carboxylic acids is 1. The molecule has 0 atom stereocenters. The van der Waals surface area contributed by atoms with Crippen LogP contribution < -0.4 is 5.32 Å². The van der Waals surface area contributed by atoms with E-state index in [0.717, 1.165) is 25.9 Å². The molecule has 6 heteroatoms. The monoisotopic (exact) mass is 258 g/mol. The van der Waals surface area contributed by atoms with E-state index in [2.05, 4.69) is 24.2 Å². The number of nitrogens with zero attached hydrogens (tertiary/aromatic N) is 1. The van der Waals surface area contributed by atoms with Crippen LogP contribution in [-0.2, 0) is 14.3 Å². The molecular weight excluding hydrogens is 236 g/mol. The molecule has 2 N–H and O–H groups in total. The van der Waals surface area contributed by atoms with Crippen molar-refractivity contribution in [3.8, 4) is 0 Å². The van der Waals surface area contributed by atoms with E-state index in [-0.39, 0.29) is 17.9 Å². The Kier molecular flexibility index (Phi) is 5.55. The minimum absolute atomic E-state index is 0.134. The Morgan fingerprint density at radius 3 is 2.50 bits per heavy atom. The van der Waals surface area contributed by atoms with Crippen molar-refractivity contribution >= 4 is 11.9 Å². The van der Waals surface area contributed by atoms with E-state index in [1.165, 1.54) is 0 Å². The van der Waals surface area contributed by atoms with Crippen molar-refractivity contribution in [3.05, 3.63) is 0 Å². The second-order valence-corrected chi connectivity index (χ2v) is 5.28. The maximum atomic E-state index is 11.4. The van der Waals surface area contributed by atoms with E-state index in [1.54, 1.807) is 0 Å². The number of likely N-dealkylation sites (tertiary alicyclic amines) is 1. The van der Waals surface area contributed by atoms with Crippen LogP contribution in [0.5, 0.6) is 0 Å². The summed E-state index contributed by atoms with van der Waals surface area (Å²) < 4.78 is 4.73. The second kappa shape index (κ2) is 6.70. The predicted octanol–water partition coefficient (Wildman–Crippen LogP) is -0.0643. The number of piperidine rings is 1. The van der Waals surface area contributed by atoms with Crippen LogP contribution in [0.15, 0.2) is 0 Å². The normalized spacial score (nSPS) is 19.4. The number of nitrogens with one attached hydrogen (secondary N) is 1. The van der Waals surface area contributed by atoms with Crippen molar-refractivity contribution in [2.24, 2.45) is 5.41 Å². The van der Waals surface area contributed by atoms with Crippen LogP contribution in [0.4, 0.5) is 0 Å². The molecule has 1 amide bonds. The molecule has 1 aliphatic rings. The number of rotatable bonds is 6. The number of amides is 1. The third-order valence-corrected chi connectivity index (χ3v) is 3.37. The van der Waals surface area contributed by atoms with Gasteiger partial charge in [0.2, 0.25) is 5.91 Å². The maximum absolute atomic E-state index is 11.4. The molecule has 6 nitrogen and oxygen atoms in total. The van der Waals surface area contributed by atoms with Gasteiger partial charge >= 0.3 is 5.97 Å². The molecule has 1 heterocycles. The van der Waals surface area contributed by atoms with Gasteiger partial charge in [0.1, 0.15) is 13.2 Å². The summed E-state index contributed by atoms with van der Waals surface area (Å²) in [5.41, 5.74) is 0.134. The topological polar surface area (TPSA) is 78.9 Å². The lowest BCUT2D eigenvalue weighted by atomic mass is 9.80. The van der Waals surface area contributed by atoms with Gasteiger partial charge in [0.15, 0.2) is 0 Å². The lowest BCUT2D eigenvalue weighted by molar-refractivity contribution is -0.143. The van der Waals surface area contributed by atoms with E-state index in [4.69, 9.17) is 9.84 Å². The number of carbonyl (C=O) groups excluding carboxylic acids is 1. The highest BCUT2D eigenvalue weighted by atomic mass is 16.5. The Hall–Kier alpha value is -1.14. The summed E-state index contributed by atoms with van der Waals surface area (Å²) in [5.74, 6) is -1.32. The molecule has 0 radical (unpaired) electrons. The molecule has 1 fully saturated rings. The van der Waals surface area contributed by atoms with Gasteiger partial charge in [0.25, 0.3) is 0 Å². The Bertz CT molecular complexity index is 298. The Morgan fingerprint density at radius 1 is 1.33 bits per heavy atom. The van der Waals surface area contributed by atoms with Crippen LogP contribution >= 0.6 is 0 Å². The van der Waals surface area contributed by atoms with Gasteiger partial charge < -0.3 is 20.1 Å². The number of ether oxygens (including phenoxy) is 1. The van der Waals surface area contributed by atoms with Gasteiger partial charge in [-0.2, -0.15) is 0 Å². The summed E-state index contributed by atoms with van der Waals surface area (Å²) in [6, 6.07) is 0. The molecule has 1 rings (SSSR count). The van der Waals surface area contributed by atoms with E-state index in [0.29, 0.717) is 6.54 Å². The van der Waals surface area contributed by atoms with Crippen molar-refractivity contribution in [1.29, 1.82) is 0 Å². The molecule has 0 bridgehead atoms. The first kappa shape index (κ1) is 14.9. The smallest absolute Gasteiger partial charge is 0.329 e. The minimum Gasteiger partial charge on any atom is -0.480 e. The molecule has 0 spiro atoms. The third kappa shape index (κ3) is 5.46. The number of hydrogen-bond donors (Lipinski definition) is 2. The fraction of sp³-hybridized carbons (Fsp3) is 0.833. The molecular formula is C12H22N2O4. The maximum Gasteiger partial charge on any atom is 0.329 e. The Morgan fingerprint density at radius 2 is 1.94 bits per heavy atom. The average molecular weight is 258 g/mol.